The molecule has 0 radical (unpaired) electrons. The first-order valence-corrected chi connectivity index (χ1v) is 9.59. The number of nitrogens with zero attached hydrogens (tertiary/aromatic N) is 3. The van der Waals surface area contributed by atoms with Crippen molar-refractivity contribution in [1.29, 1.82) is 0 Å². The van der Waals surface area contributed by atoms with Crippen molar-refractivity contribution in [1.82, 2.24) is 9.80 Å². The molecule has 4 heteroatoms. The number of hydrogen-bond donors (Lipinski definition) is 0. The van der Waals surface area contributed by atoms with Crippen molar-refractivity contribution >= 4 is 11.6 Å². The maximum atomic E-state index is 12.6. The number of carbonyl (C=O) groups is 1. The van der Waals surface area contributed by atoms with Crippen molar-refractivity contribution in [3.63, 3.8) is 0 Å². The molecule has 1 aromatic rings. The molecule has 1 aromatic carbocycles. The highest BCUT2D eigenvalue weighted by atomic mass is 16.2. The zero-order valence-corrected chi connectivity index (χ0v) is 15.0. The predicted octanol–water partition coefficient (Wildman–Crippen LogP) is 2.99. The lowest BCUT2D eigenvalue weighted by Gasteiger charge is -2.38. The molecule has 0 aromatic heterocycles. The van der Waals surface area contributed by atoms with E-state index in [1.807, 2.05) is 6.07 Å². The van der Waals surface area contributed by atoms with Gasteiger partial charge in [-0.05, 0) is 37.9 Å². The lowest BCUT2D eigenvalue weighted by atomic mass is 10.00. The second-order valence-electron chi connectivity index (χ2n) is 7.05. The number of hydrogen-bond acceptors (Lipinski definition) is 3. The summed E-state index contributed by atoms with van der Waals surface area (Å²) in [5.41, 5.74) is 1.27. The van der Waals surface area contributed by atoms with Crippen LogP contribution in [0.15, 0.2) is 30.3 Å². The van der Waals surface area contributed by atoms with Crippen LogP contribution in [0.4, 0.5) is 5.69 Å². The van der Waals surface area contributed by atoms with Gasteiger partial charge in [-0.2, -0.15) is 0 Å². The van der Waals surface area contributed by atoms with E-state index in [-0.39, 0.29) is 0 Å². The van der Waals surface area contributed by atoms with Crippen LogP contribution in [0, 0.1) is 0 Å². The van der Waals surface area contributed by atoms with E-state index in [0.29, 0.717) is 18.4 Å². The van der Waals surface area contributed by atoms with Gasteiger partial charge in [0, 0.05) is 50.9 Å². The Kier molecular flexibility index (Phi) is 6.13. The number of para-hydroxylation sites is 1. The molecule has 2 saturated heterocycles. The first-order chi connectivity index (χ1) is 11.8. The van der Waals surface area contributed by atoms with Gasteiger partial charge in [-0.15, -0.1) is 0 Å². The smallest absolute Gasteiger partial charge is 0.223 e. The Morgan fingerprint density at radius 2 is 1.79 bits per heavy atom. The van der Waals surface area contributed by atoms with Crippen LogP contribution in [0.2, 0.25) is 0 Å². The highest BCUT2D eigenvalue weighted by Crippen LogP contribution is 2.20. The molecule has 0 saturated carbocycles. The van der Waals surface area contributed by atoms with Gasteiger partial charge in [0.25, 0.3) is 0 Å². The number of rotatable bonds is 5. The average molecular weight is 329 g/mol. The van der Waals surface area contributed by atoms with Crippen LogP contribution in [-0.4, -0.2) is 61.0 Å². The van der Waals surface area contributed by atoms with Gasteiger partial charge in [0.05, 0.1) is 0 Å². The molecular formula is C20H31N3O. The first kappa shape index (κ1) is 17.3. The van der Waals surface area contributed by atoms with Gasteiger partial charge in [-0.25, -0.2) is 0 Å². The van der Waals surface area contributed by atoms with E-state index < -0.39 is 0 Å². The van der Waals surface area contributed by atoms with Gasteiger partial charge in [0.2, 0.25) is 5.91 Å². The maximum absolute atomic E-state index is 12.6. The molecule has 132 valence electrons. The van der Waals surface area contributed by atoms with Crippen molar-refractivity contribution in [3.8, 4) is 0 Å². The monoisotopic (exact) mass is 329 g/mol. The van der Waals surface area contributed by atoms with Crippen LogP contribution in [-0.2, 0) is 4.79 Å². The maximum Gasteiger partial charge on any atom is 0.223 e. The molecule has 0 bridgehead atoms. The SMILES string of the molecule is CCC1CCCCN1CCC(=O)N1CCN(c2ccccc2)CC1. The number of piperazine rings is 1. The quantitative estimate of drug-likeness (QED) is 0.831. The van der Waals surface area contributed by atoms with Crippen molar-refractivity contribution in [2.45, 2.75) is 45.1 Å². The molecule has 0 spiro atoms. The third kappa shape index (κ3) is 4.29. The summed E-state index contributed by atoms with van der Waals surface area (Å²) in [6.45, 7) is 7.97. The third-order valence-electron chi connectivity index (χ3n) is 5.59. The molecular weight excluding hydrogens is 298 g/mol. The predicted molar refractivity (Wildman–Crippen MR) is 99.4 cm³/mol. The minimum atomic E-state index is 0.336. The Hall–Kier alpha value is -1.55. The summed E-state index contributed by atoms with van der Waals surface area (Å²) in [4.78, 5) is 19.5. The molecule has 2 fully saturated rings. The fourth-order valence-corrected chi connectivity index (χ4v) is 4.07. The van der Waals surface area contributed by atoms with E-state index in [4.69, 9.17) is 0 Å². The van der Waals surface area contributed by atoms with E-state index in [0.717, 1.165) is 32.7 Å². The van der Waals surface area contributed by atoms with Crippen LogP contribution in [0.25, 0.3) is 0 Å². The second-order valence-corrected chi connectivity index (χ2v) is 7.05. The summed E-state index contributed by atoms with van der Waals surface area (Å²) in [6, 6.07) is 11.2. The first-order valence-electron chi connectivity index (χ1n) is 9.59. The Labute approximate surface area is 146 Å². The fraction of sp³-hybridized carbons (Fsp3) is 0.650. The summed E-state index contributed by atoms with van der Waals surface area (Å²) in [6.07, 6.45) is 5.84. The van der Waals surface area contributed by atoms with Gasteiger partial charge in [-0.3, -0.25) is 9.69 Å². The van der Waals surface area contributed by atoms with Crippen molar-refractivity contribution in [2.24, 2.45) is 0 Å². The summed E-state index contributed by atoms with van der Waals surface area (Å²) in [5.74, 6) is 0.336. The van der Waals surface area contributed by atoms with Crippen LogP contribution >= 0.6 is 0 Å². The van der Waals surface area contributed by atoms with Crippen molar-refractivity contribution in [3.05, 3.63) is 30.3 Å². The third-order valence-corrected chi connectivity index (χ3v) is 5.59. The van der Waals surface area contributed by atoms with Gasteiger partial charge in [0.15, 0.2) is 0 Å². The molecule has 4 nitrogen and oxygen atoms in total. The Bertz CT molecular complexity index is 511. The van der Waals surface area contributed by atoms with Crippen LogP contribution in [0.3, 0.4) is 0 Å². The molecule has 0 N–H and O–H groups in total. The van der Waals surface area contributed by atoms with E-state index in [9.17, 15) is 4.79 Å². The lowest BCUT2D eigenvalue weighted by molar-refractivity contribution is -0.132. The number of carbonyl (C=O) groups excluding carboxylic acids is 1. The number of anilines is 1. The van der Waals surface area contributed by atoms with Crippen molar-refractivity contribution in [2.75, 3.05) is 44.2 Å². The number of benzene rings is 1. The van der Waals surface area contributed by atoms with E-state index in [2.05, 4.69) is 45.9 Å². The Morgan fingerprint density at radius 1 is 1.04 bits per heavy atom. The zero-order valence-electron chi connectivity index (χ0n) is 15.0. The van der Waals surface area contributed by atoms with Gasteiger partial charge in [0.1, 0.15) is 0 Å². The van der Waals surface area contributed by atoms with Gasteiger partial charge >= 0.3 is 0 Å². The van der Waals surface area contributed by atoms with E-state index >= 15 is 0 Å². The Balaban J connectivity index is 1.43. The van der Waals surface area contributed by atoms with Crippen molar-refractivity contribution < 1.29 is 4.79 Å². The molecule has 1 amide bonds. The standard InChI is InChI=1S/C20H31N3O/c1-2-18-8-6-7-12-21(18)13-11-20(24)23-16-14-22(15-17-23)19-9-4-3-5-10-19/h3-5,9-10,18H,2,6-8,11-17H2,1H3. The molecule has 1 atom stereocenters. The largest absolute Gasteiger partial charge is 0.368 e. The summed E-state index contributed by atoms with van der Waals surface area (Å²) < 4.78 is 0. The number of amides is 1. The molecule has 2 aliphatic rings. The lowest BCUT2D eigenvalue weighted by Crippen LogP contribution is -2.49. The van der Waals surface area contributed by atoms with Gasteiger partial charge in [-0.1, -0.05) is 31.5 Å². The molecule has 3 rings (SSSR count). The topological polar surface area (TPSA) is 26.8 Å². The zero-order chi connectivity index (χ0) is 16.8. The fourth-order valence-electron chi connectivity index (χ4n) is 4.07. The van der Waals surface area contributed by atoms with E-state index in [1.165, 1.54) is 37.9 Å². The minimum Gasteiger partial charge on any atom is -0.368 e. The molecule has 2 aliphatic heterocycles. The highest BCUT2D eigenvalue weighted by Gasteiger charge is 2.24. The van der Waals surface area contributed by atoms with Crippen LogP contribution in [0.1, 0.15) is 39.0 Å². The number of piperidine rings is 1. The normalized spacial score (nSPS) is 22.6. The van der Waals surface area contributed by atoms with E-state index in [1.54, 1.807) is 0 Å². The van der Waals surface area contributed by atoms with Crippen LogP contribution < -0.4 is 4.90 Å². The highest BCUT2D eigenvalue weighted by molar-refractivity contribution is 5.76. The molecule has 24 heavy (non-hydrogen) atoms. The molecule has 1 unspecified atom stereocenters. The molecule has 2 heterocycles. The summed E-state index contributed by atoms with van der Waals surface area (Å²) in [5, 5.41) is 0. The van der Waals surface area contributed by atoms with Gasteiger partial charge < -0.3 is 9.80 Å². The minimum absolute atomic E-state index is 0.336. The molecule has 0 aliphatic carbocycles. The Morgan fingerprint density at radius 3 is 2.50 bits per heavy atom. The second kappa shape index (κ2) is 8.52. The number of likely N-dealkylation sites (tertiary alicyclic amines) is 1. The van der Waals surface area contributed by atoms with Crippen LogP contribution in [0.5, 0.6) is 0 Å². The summed E-state index contributed by atoms with van der Waals surface area (Å²) in [7, 11) is 0. The average Bonchev–Trinajstić information content (AvgIpc) is 2.67. The summed E-state index contributed by atoms with van der Waals surface area (Å²) >= 11 is 0.